The van der Waals surface area contributed by atoms with E-state index in [2.05, 4.69) is 5.32 Å². The molecular formula is C17H19NO5. The lowest BCUT2D eigenvalue weighted by atomic mass is 10.1. The molecule has 0 radical (unpaired) electrons. The highest BCUT2D eigenvalue weighted by molar-refractivity contribution is 5.88. The first-order chi connectivity index (χ1) is 11.1. The molecule has 0 unspecified atom stereocenters. The predicted octanol–water partition coefficient (Wildman–Crippen LogP) is 2.28. The van der Waals surface area contributed by atoms with Crippen molar-refractivity contribution in [2.45, 2.75) is 19.3 Å². The summed E-state index contributed by atoms with van der Waals surface area (Å²) in [5, 5.41) is 11.8. The number of ether oxygens (including phenoxy) is 1. The van der Waals surface area contributed by atoms with Crippen LogP contribution in [0.25, 0.3) is 0 Å². The molecule has 1 amide bonds. The molecule has 1 aromatic heterocycles. The van der Waals surface area contributed by atoms with Gasteiger partial charge in [-0.3, -0.25) is 4.79 Å². The van der Waals surface area contributed by atoms with Crippen molar-refractivity contribution in [3.63, 3.8) is 0 Å². The molecule has 0 atom stereocenters. The van der Waals surface area contributed by atoms with Gasteiger partial charge >= 0.3 is 5.97 Å². The van der Waals surface area contributed by atoms with Gasteiger partial charge in [-0.05, 0) is 42.2 Å². The minimum atomic E-state index is -0.998. The number of amides is 1. The van der Waals surface area contributed by atoms with Gasteiger partial charge in [0.15, 0.2) is 0 Å². The highest BCUT2D eigenvalue weighted by Crippen LogP contribution is 2.20. The predicted molar refractivity (Wildman–Crippen MR) is 83.7 cm³/mol. The van der Waals surface area contributed by atoms with Crippen molar-refractivity contribution >= 4 is 11.9 Å². The van der Waals surface area contributed by atoms with Crippen molar-refractivity contribution in [1.82, 2.24) is 5.32 Å². The van der Waals surface area contributed by atoms with Crippen LogP contribution in [-0.4, -0.2) is 30.6 Å². The standard InChI is InChI=1S/C17H19NO5/c1-22-15-10-14(17(20)21)4-3-13(15)6-8-18-16(19)5-2-12-7-9-23-11-12/h3-4,7,9-11H,2,5-6,8H2,1H3,(H,18,19)(H,20,21). The second-order valence-corrected chi connectivity index (χ2v) is 5.06. The molecule has 0 aliphatic heterocycles. The van der Waals surface area contributed by atoms with E-state index in [1.54, 1.807) is 18.6 Å². The van der Waals surface area contributed by atoms with E-state index in [-0.39, 0.29) is 11.5 Å². The minimum Gasteiger partial charge on any atom is -0.496 e. The average molecular weight is 317 g/mol. The van der Waals surface area contributed by atoms with Crippen LogP contribution in [-0.2, 0) is 17.6 Å². The van der Waals surface area contributed by atoms with Crippen LogP contribution in [0.3, 0.4) is 0 Å². The molecule has 6 heteroatoms. The lowest BCUT2D eigenvalue weighted by Crippen LogP contribution is -2.26. The summed E-state index contributed by atoms with van der Waals surface area (Å²) >= 11 is 0. The summed E-state index contributed by atoms with van der Waals surface area (Å²) in [6.07, 6.45) is 4.82. The van der Waals surface area contributed by atoms with Crippen molar-refractivity contribution in [3.8, 4) is 5.75 Å². The zero-order valence-electron chi connectivity index (χ0n) is 12.9. The van der Waals surface area contributed by atoms with Gasteiger partial charge in [-0.25, -0.2) is 4.79 Å². The van der Waals surface area contributed by atoms with E-state index in [1.807, 2.05) is 6.07 Å². The molecule has 122 valence electrons. The Morgan fingerprint density at radius 3 is 2.74 bits per heavy atom. The van der Waals surface area contributed by atoms with Crippen LogP contribution in [0.15, 0.2) is 41.2 Å². The number of carboxylic acids is 1. The molecule has 23 heavy (non-hydrogen) atoms. The number of carbonyl (C=O) groups excluding carboxylic acids is 1. The van der Waals surface area contributed by atoms with Gasteiger partial charge in [-0.1, -0.05) is 6.07 Å². The Morgan fingerprint density at radius 1 is 1.26 bits per heavy atom. The maximum absolute atomic E-state index is 11.8. The van der Waals surface area contributed by atoms with E-state index in [0.29, 0.717) is 31.6 Å². The van der Waals surface area contributed by atoms with Gasteiger partial charge in [0.25, 0.3) is 0 Å². The Kier molecular flexibility index (Phi) is 5.80. The number of benzene rings is 1. The summed E-state index contributed by atoms with van der Waals surface area (Å²) in [5.41, 5.74) is 2.02. The van der Waals surface area contributed by atoms with E-state index in [4.69, 9.17) is 14.3 Å². The Balaban J connectivity index is 1.81. The largest absolute Gasteiger partial charge is 0.496 e. The average Bonchev–Trinajstić information content (AvgIpc) is 3.06. The van der Waals surface area contributed by atoms with Gasteiger partial charge < -0.3 is 19.6 Å². The maximum Gasteiger partial charge on any atom is 0.335 e. The van der Waals surface area contributed by atoms with Gasteiger partial charge in [0.05, 0.1) is 25.2 Å². The first-order valence-corrected chi connectivity index (χ1v) is 7.28. The number of methoxy groups -OCH3 is 1. The molecular weight excluding hydrogens is 298 g/mol. The van der Waals surface area contributed by atoms with Gasteiger partial charge in [-0.15, -0.1) is 0 Å². The summed E-state index contributed by atoms with van der Waals surface area (Å²) in [4.78, 5) is 22.7. The summed E-state index contributed by atoms with van der Waals surface area (Å²) in [6, 6.07) is 6.56. The molecule has 0 bridgehead atoms. The van der Waals surface area contributed by atoms with Crippen LogP contribution in [0.1, 0.15) is 27.9 Å². The normalized spacial score (nSPS) is 10.3. The molecule has 0 spiro atoms. The van der Waals surface area contributed by atoms with Crippen LogP contribution in [0, 0.1) is 0 Å². The lowest BCUT2D eigenvalue weighted by molar-refractivity contribution is -0.121. The number of furan rings is 1. The fourth-order valence-electron chi connectivity index (χ4n) is 2.20. The number of hydrogen-bond donors (Lipinski definition) is 2. The lowest BCUT2D eigenvalue weighted by Gasteiger charge is -2.10. The van der Waals surface area contributed by atoms with E-state index >= 15 is 0 Å². The Hall–Kier alpha value is -2.76. The number of aryl methyl sites for hydroxylation is 1. The van der Waals surface area contributed by atoms with E-state index in [9.17, 15) is 9.59 Å². The quantitative estimate of drug-likeness (QED) is 0.779. The fraction of sp³-hybridized carbons (Fsp3) is 0.294. The maximum atomic E-state index is 11.8. The minimum absolute atomic E-state index is 0.0349. The van der Waals surface area contributed by atoms with Crippen LogP contribution in [0.2, 0.25) is 0 Å². The van der Waals surface area contributed by atoms with E-state index in [1.165, 1.54) is 19.2 Å². The molecule has 1 aromatic carbocycles. The number of carboxylic acid groups (broad SMARTS) is 1. The topological polar surface area (TPSA) is 88.8 Å². The Labute approximate surface area is 134 Å². The number of rotatable bonds is 8. The molecule has 0 saturated carbocycles. The zero-order valence-corrected chi connectivity index (χ0v) is 12.9. The van der Waals surface area contributed by atoms with E-state index < -0.39 is 5.97 Å². The second-order valence-electron chi connectivity index (χ2n) is 5.06. The molecule has 2 N–H and O–H groups in total. The smallest absolute Gasteiger partial charge is 0.335 e. The van der Waals surface area contributed by atoms with Crippen LogP contribution in [0.4, 0.5) is 0 Å². The van der Waals surface area contributed by atoms with Crippen molar-refractivity contribution in [2.75, 3.05) is 13.7 Å². The SMILES string of the molecule is COc1cc(C(=O)O)ccc1CCNC(=O)CCc1ccoc1. The molecule has 1 heterocycles. The molecule has 2 rings (SSSR count). The summed E-state index contributed by atoms with van der Waals surface area (Å²) in [5.74, 6) is -0.521. The molecule has 0 aliphatic rings. The van der Waals surface area contributed by atoms with Gasteiger partial charge in [0, 0.05) is 13.0 Å². The number of carbonyl (C=O) groups is 2. The first-order valence-electron chi connectivity index (χ1n) is 7.28. The third-order valence-corrected chi connectivity index (χ3v) is 3.47. The number of nitrogens with one attached hydrogen (secondary N) is 1. The molecule has 0 fully saturated rings. The molecule has 6 nitrogen and oxygen atoms in total. The van der Waals surface area contributed by atoms with Crippen LogP contribution in [0.5, 0.6) is 5.75 Å². The highest BCUT2D eigenvalue weighted by atomic mass is 16.5. The van der Waals surface area contributed by atoms with Crippen molar-refractivity contribution in [1.29, 1.82) is 0 Å². The van der Waals surface area contributed by atoms with Gasteiger partial charge in [0.2, 0.25) is 5.91 Å². The summed E-state index contributed by atoms with van der Waals surface area (Å²) in [6.45, 7) is 0.465. The van der Waals surface area contributed by atoms with Crippen molar-refractivity contribution < 1.29 is 23.8 Å². The first kappa shape index (κ1) is 16.6. The van der Waals surface area contributed by atoms with Crippen LogP contribution < -0.4 is 10.1 Å². The Morgan fingerprint density at radius 2 is 2.09 bits per heavy atom. The molecule has 0 aliphatic carbocycles. The van der Waals surface area contributed by atoms with Crippen LogP contribution >= 0.6 is 0 Å². The third kappa shape index (κ3) is 4.88. The fourth-order valence-corrected chi connectivity index (χ4v) is 2.20. The van der Waals surface area contributed by atoms with Crippen molar-refractivity contribution in [3.05, 3.63) is 53.5 Å². The number of hydrogen-bond acceptors (Lipinski definition) is 4. The van der Waals surface area contributed by atoms with E-state index in [0.717, 1.165) is 11.1 Å². The molecule has 0 saturated heterocycles. The monoisotopic (exact) mass is 317 g/mol. The van der Waals surface area contributed by atoms with Gasteiger partial charge in [0.1, 0.15) is 5.75 Å². The summed E-state index contributed by atoms with van der Waals surface area (Å²) in [7, 11) is 1.49. The Bertz CT molecular complexity index is 664. The number of aromatic carboxylic acids is 1. The highest BCUT2D eigenvalue weighted by Gasteiger charge is 2.09. The zero-order chi connectivity index (χ0) is 16.7. The molecule has 2 aromatic rings. The second kappa shape index (κ2) is 8.03. The summed E-state index contributed by atoms with van der Waals surface area (Å²) < 4.78 is 10.2. The van der Waals surface area contributed by atoms with Crippen molar-refractivity contribution in [2.24, 2.45) is 0 Å². The van der Waals surface area contributed by atoms with Gasteiger partial charge in [-0.2, -0.15) is 0 Å². The third-order valence-electron chi connectivity index (χ3n) is 3.47.